The zero-order chi connectivity index (χ0) is 9.26. The van der Waals surface area contributed by atoms with Gasteiger partial charge in [-0.1, -0.05) is 11.6 Å². The van der Waals surface area contributed by atoms with E-state index < -0.39 is 0 Å². The molecule has 1 heteroatoms. The molecule has 1 nitrogen and oxygen atoms in total. The molecule has 1 saturated carbocycles. The third-order valence-corrected chi connectivity index (χ3v) is 3.74. The van der Waals surface area contributed by atoms with Gasteiger partial charge in [-0.15, -0.1) is 0 Å². The Morgan fingerprint density at radius 2 is 2.15 bits per heavy atom. The van der Waals surface area contributed by atoms with Crippen LogP contribution in [0.25, 0.3) is 0 Å². The monoisotopic (exact) mass is 179 g/mol. The molecule has 0 aromatic heterocycles. The van der Waals surface area contributed by atoms with Crippen LogP contribution in [-0.2, 0) is 0 Å². The molecule has 0 spiro atoms. The van der Waals surface area contributed by atoms with E-state index in [0.717, 1.165) is 12.0 Å². The maximum absolute atomic E-state index is 2.51. The van der Waals surface area contributed by atoms with E-state index in [1.165, 1.54) is 38.5 Å². The fourth-order valence-electron chi connectivity index (χ4n) is 2.83. The average Bonchev–Trinajstić information content (AvgIpc) is 2.17. The quantitative estimate of drug-likeness (QED) is 0.559. The molecule has 0 aliphatic heterocycles. The fourth-order valence-corrected chi connectivity index (χ4v) is 2.83. The summed E-state index contributed by atoms with van der Waals surface area (Å²) in [5.74, 6) is 0.940. The molecule has 0 aromatic carbocycles. The molecule has 2 aliphatic rings. The fraction of sp³-hybridized carbons (Fsp3) is 0.833. The van der Waals surface area contributed by atoms with Crippen molar-refractivity contribution in [2.45, 2.75) is 44.6 Å². The van der Waals surface area contributed by atoms with Crippen LogP contribution in [0.5, 0.6) is 0 Å². The molecule has 0 amide bonds. The van der Waals surface area contributed by atoms with Crippen molar-refractivity contribution in [3.8, 4) is 0 Å². The first-order valence-corrected chi connectivity index (χ1v) is 5.62. The minimum Gasteiger partial charge on any atom is -0.306 e. The summed E-state index contributed by atoms with van der Waals surface area (Å²) in [6.45, 7) is 0. The Balaban J connectivity index is 2.00. The maximum atomic E-state index is 2.51. The largest absolute Gasteiger partial charge is 0.306 e. The molecule has 0 bridgehead atoms. The molecule has 0 aromatic rings. The third-order valence-electron chi connectivity index (χ3n) is 3.74. The lowest BCUT2D eigenvalue weighted by Gasteiger charge is -2.37. The van der Waals surface area contributed by atoms with E-state index in [4.69, 9.17) is 0 Å². The van der Waals surface area contributed by atoms with Crippen molar-refractivity contribution in [2.75, 3.05) is 14.1 Å². The van der Waals surface area contributed by atoms with E-state index in [-0.39, 0.29) is 0 Å². The lowest BCUT2D eigenvalue weighted by atomic mass is 9.75. The molecule has 1 fully saturated rings. The lowest BCUT2D eigenvalue weighted by molar-refractivity contribution is 0.208. The minimum atomic E-state index is 0.847. The van der Waals surface area contributed by atoms with Gasteiger partial charge in [0.1, 0.15) is 0 Å². The highest BCUT2D eigenvalue weighted by Gasteiger charge is 2.27. The second-order valence-electron chi connectivity index (χ2n) is 4.80. The zero-order valence-corrected chi connectivity index (χ0v) is 8.92. The van der Waals surface area contributed by atoms with Crippen molar-refractivity contribution in [3.05, 3.63) is 11.6 Å². The zero-order valence-electron chi connectivity index (χ0n) is 8.92. The van der Waals surface area contributed by atoms with Crippen LogP contribution in [-0.4, -0.2) is 25.0 Å². The van der Waals surface area contributed by atoms with E-state index in [1.807, 2.05) is 0 Å². The summed E-state index contributed by atoms with van der Waals surface area (Å²) >= 11 is 0. The summed E-state index contributed by atoms with van der Waals surface area (Å²) in [6.07, 6.45) is 10.9. The summed E-state index contributed by atoms with van der Waals surface area (Å²) < 4.78 is 0. The standard InChI is InChI=1S/C12H21N/c1-13(2)12-8-7-10-5-3-4-6-11(10)9-12/h5,11-12H,3-4,6-9H2,1-2H3. The lowest BCUT2D eigenvalue weighted by Crippen LogP contribution is -2.34. The number of hydrogen-bond donors (Lipinski definition) is 0. The van der Waals surface area contributed by atoms with Crippen molar-refractivity contribution in [1.82, 2.24) is 4.90 Å². The highest BCUT2D eigenvalue weighted by atomic mass is 15.1. The molecule has 2 atom stereocenters. The van der Waals surface area contributed by atoms with Crippen LogP contribution < -0.4 is 0 Å². The van der Waals surface area contributed by atoms with Gasteiger partial charge >= 0.3 is 0 Å². The molecule has 2 unspecified atom stereocenters. The van der Waals surface area contributed by atoms with E-state index >= 15 is 0 Å². The van der Waals surface area contributed by atoms with Crippen LogP contribution in [0.2, 0.25) is 0 Å². The van der Waals surface area contributed by atoms with Crippen LogP contribution in [0.4, 0.5) is 0 Å². The Kier molecular flexibility index (Phi) is 2.73. The van der Waals surface area contributed by atoms with Gasteiger partial charge < -0.3 is 4.90 Å². The number of hydrogen-bond acceptors (Lipinski definition) is 1. The highest BCUT2D eigenvalue weighted by molar-refractivity contribution is 5.13. The van der Waals surface area contributed by atoms with Crippen molar-refractivity contribution in [3.63, 3.8) is 0 Å². The molecule has 13 heavy (non-hydrogen) atoms. The van der Waals surface area contributed by atoms with Crippen molar-refractivity contribution in [1.29, 1.82) is 0 Å². The van der Waals surface area contributed by atoms with Crippen LogP contribution >= 0.6 is 0 Å². The van der Waals surface area contributed by atoms with Crippen molar-refractivity contribution in [2.24, 2.45) is 5.92 Å². The number of fused-ring (bicyclic) bond motifs is 1. The molecule has 0 heterocycles. The summed E-state index contributed by atoms with van der Waals surface area (Å²) in [5.41, 5.74) is 1.78. The van der Waals surface area contributed by atoms with Gasteiger partial charge in [0.2, 0.25) is 0 Å². The predicted molar refractivity (Wildman–Crippen MR) is 56.8 cm³/mol. The summed E-state index contributed by atoms with van der Waals surface area (Å²) in [4.78, 5) is 2.41. The summed E-state index contributed by atoms with van der Waals surface area (Å²) in [6, 6.07) is 0.847. The normalized spacial score (nSPS) is 34.2. The SMILES string of the molecule is CN(C)C1CCC2=CCCCC2C1. The molecule has 2 aliphatic carbocycles. The second-order valence-corrected chi connectivity index (χ2v) is 4.80. The van der Waals surface area contributed by atoms with Crippen LogP contribution in [0, 0.1) is 5.92 Å². The Morgan fingerprint density at radius 3 is 2.92 bits per heavy atom. The number of allylic oxidation sites excluding steroid dienone is 2. The van der Waals surface area contributed by atoms with Gasteiger partial charge in [0.15, 0.2) is 0 Å². The minimum absolute atomic E-state index is 0.847. The van der Waals surface area contributed by atoms with Gasteiger partial charge in [0, 0.05) is 6.04 Å². The molecular formula is C12H21N. The maximum Gasteiger partial charge on any atom is 0.00979 e. The van der Waals surface area contributed by atoms with Crippen LogP contribution in [0.15, 0.2) is 11.6 Å². The Bertz CT molecular complexity index is 205. The molecule has 74 valence electrons. The summed E-state index contributed by atoms with van der Waals surface area (Å²) in [7, 11) is 4.45. The second kappa shape index (κ2) is 3.83. The highest BCUT2D eigenvalue weighted by Crippen LogP contribution is 2.37. The number of rotatable bonds is 1. The average molecular weight is 179 g/mol. The Morgan fingerprint density at radius 1 is 1.31 bits per heavy atom. The number of nitrogens with zero attached hydrogens (tertiary/aromatic N) is 1. The van der Waals surface area contributed by atoms with E-state index in [1.54, 1.807) is 5.57 Å². The molecule has 2 rings (SSSR count). The molecular weight excluding hydrogens is 158 g/mol. The Labute approximate surface area is 81.8 Å². The van der Waals surface area contributed by atoms with E-state index in [9.17, 15) is 0 Å². The van der Waals surface area contributed by atoms with Gasteiger partial charge in [-0.05, 0) is 58.5 Å². The van der Waals surface area contributed by atoms with Gasteiger partial charge in [-0.2, -0.15) is 0 Å². The van der Waals surface area contributed by atoms with Crippen molar-refractivity contribution >= 4 is 0 Å². The van der Waals surface area contributed by atoms with Gasteiger partial charge in [-0.25, -0.2) is 0 Å². The first kappa shape index (κ1) is 9.26. The Hall–Kier alpha value is -0.300. The predicted octanol–water partition coefficient (Wildman–Crippen LogP) is 2.83. The van der Waals surface area contributed by atoms with Crippen LogP contribution in [0.3, 0.4) is 0 Å². The smallest absolute Gasteiger partial charge is 0.00979 e. The van der Waals surface area contributed by atoms with E-state index in [0.29, 0.717) is 0 Å². The topological polar surface area (TPSA) is 3.24 Å². The van der Waals surface area contributed by atoms with Gasteiger partial charge in [0.25, 0.3) is 0 Å². The first-order valence-electron chi connectivity index (χ1n) is 5.62. The van der Waals surface area contributed by atoms with Gasteiger partial charge in [-0.3, -0.25) is 0 Å². The molecule has 0 saturated heterocycles. The third kappa shape index (κ3) is 1.96. The van der Waals surface area contributed by atoms with Crippen LogP contribution in [0.1, 0.15) is 38.5 Å². The van der Waals surface area contributed by atoms with Crippen molar-refractivity contribution < 1.29 is 0 Å². The van der Waals surface area contributed by atoms with Gasteiger partial charge in [0.05, 0.1) is 0 Å². The molecule has 0 radical (unpaired) electrons. The summed E-state index contributed by atoms with van der Waals surface area (Å²) in [5, 5.41) is 0. The molecule has 0 N–H and O–H groups in total. The first-order chi connectivity index (χ1) is 6.27. The van der Waals surface area contributed by atoms with E-state index in [2.05, 4.69) is 25.1 Å².